The largest absolute Gasteiger partial charge is 0.352 e. The van der Waals surface area contributed by atoms with Crippen LogP contribution in [-0.4, -0.2) is 21.0 Å². The third-order valence-electron chi connectivity index (χ3n) is 3.90. The van der Waals surface area contributed by atoms with Crippen LogP contribution in [-0.2, 0) is 0 Å². The topological polar surface area (TPSA) is 62.7 Å². The average Bonchev–Trinajstić information content (AvgIpc) is 2.65. The molecule has 27 heavy (non-hydrogen) atoms. The number of halogens is 3. The van der Waals surface area contributed by atoms with Crippen molar-refractivity contribution in [1.82, 2.24) is 15.0 Å². The van der Waals surface area contributed by atoms with Crippen molar-refractivity contribution in [2.45, 2.75) is 26.3 Å². The van der Waals surface area contributed by atoms with Crippen molar-refractivity contribution in [3.8, 4) is 11.4 Å². The summed E-state index contributed by atoms with van der Waals surface area (Å²) >= 11 is 0. The van der Waals surface area contributed by atoms with Crippen LogP contribution in [0.25, 0.3) is 11.4 Å². The maximum Gasteiger partial charge on any atom is 0.225 e. The highest BCUT2D eigenvalue weighted by atomic mass is 19.1. The summed E-state index contributed by atoms with van der Waals surface area (Å²) in [6.45, 7) is 3.96. The predicted molar refractivity (Wildman–Crippen MR) is 98.2 cm³/mol. The molecule has 0 amide bonds. The molecule has 0 aliphatic rings. The molecule has 0 aliphatic heterocycles. The Kier molecular flexibility index (Phi) is 5.54. The van der Waals surface area contributed by atoms with Crippen molar-refractivity contribution in [3.63, 3.8) is 0 Å². The van der Waals surface area contributed by atoms with E-state index >= 15 is 0 Å². The van der Waals surface area contributed by atoms with Gasteiger partial charge in [0.2, 0.25) is 5.95 Å². The smallest absolute Gasteiger partial charge is 0.225 e. The van der Waals surface area contributed by atoms with Gasteiger partial charge in [0.25, 0.3) is 0 Å². The van der Waals surface area contributed by atoms with Crippen LogP contribution in [0.4, 0.5) is 30.6 Å². The second-order valence-corrected chi connectivity index (χ2v) is 6.00. The van der Waals surface area contributed by atoms with Gasteiger partial charge >= 0.3 is 0 Å². The minimum absolute atomic E-state index is 0.0936. The molecule has 3 rings (SSSR count). The van der Waals surface area contributed by atoms with Crippen molar-refractivity contribution >= 4 is 17.5 Å². The Morgan fingerprint density at radius 1 is 1.00 bits per heavy atom. The molecule has 3 aromatic rings. The molecule has 0 fully saturated rings. The molecule has 0 bridgehead atoms. The maximum atomic E-state index is 14.0. The van der Waals surface area contributed by atoms with Gasteiger partial charge in [-0.25, -0.2) is 18.2 Å². The lowest BCUT2D eigenvalue weighted by Gasteiger charge is -2.15. The molecule has 2 heterocycles. The van der Waals surface area contributed by atoms with Crippen LogP contribution in [0.1, 0.15) is 20.3 Å². The normalized spacial score (nSPS) is 11.9. The zero-order valence-corrected chi connectivity index (χ0v) is 14.8. The molecule has 1 atom stereocenters. The lowest BCUT2D eigenvalue weighted by atomic mass is 10.2. The summed E-state index contributed by atoms with van der Waals surface area (Å²) in [6, 6.07) is 8.15. The monoisotopic (exact) mass is 373 g/mol. The summed E-state index contributed by atoms with van der Waals surface area (Å²) in [4.78, 5) is 12.9. The molecular weight excluding hydrogens is 355 g/mol. The fraction of sp³-hybridized carbons (Fsp3) is 0.211. The highest BCUT2D eigenvalue weighted by molar-refractivity contribution is 5.65. The van der Waals surface area contributed by atoms with E-state index in [1.54, 1.807) is 24.4 Å². The van der Waals surface area contributed by atoms with Crippen molar-refractivity contribution in [3.05, 3.63) is 60.0 Å². The first-order chi connectivity index (χ1) is 13.0. The van der Waals surface area contributed by atoms with E-state index in [4.69, 9.17) is 0 Å². The van der Waals surface area contributed by atoms with Gasteiger partial charge in [-0.05, 0) is 25.5 Å². The minimum atomic E-state index is -1.05. The van der Waals surface area contributed by atoms with Crippen LogP contribution in [0.5, 0.6) is 0 Å². The molecule has 0 radical (unpaired) electrons. The molecule has 0 saturated carbocycles. The van der Waals surface area contributed by atoms with Crippen molar-refractivity contribution in [2.24, 2.45) is 0 Å². The highest BCUT2D eigenvalue weighted by Gasteiger charge is 2.15. The van der Waals surface area contributed by atoms with Crippen LogP contribution in [0.3, 0.4) is 0 Å². The van der Waals surface area contributed by atoms with Crippen molar-refractivity contribution in [2.75, 3.05) is 10.6 Å². The molecule has 140 valence electrons. The van der Waals surface area contributed by atoms with Gasteiger partial charge in [0, 0.05) is 30.4 Å². The Labute approximate surface area is 154 Å². The SMILES string of the molecule is CC[C@H](C)Nc1nc(Nc2c(F)cc(F)cc2F)cc(-c2ccccn2)n1. The highest BCUT2D eigenvalue weighted by Crippen LogP contribution is 2.26. The maximum absolute atomic E-state index is 14.0. The van der Waals surface area contributed by atoms with Gasteiger partial charge in [0.1, 0.15) is 17.3 Å². The first kappa shape index (κ1) is 18.6. The van der Waals surface area contributed by atoms with Gasteiger partial charge in [-0.3, -0.25) is 4.98 Å². The summed E-state index contributed by atoms with van der Waals surface area (Å²) in [7, 11) is 0. The zero-order chi connectivity index (χ0) is 19.4. The number of aromatic nitrogens is 3. The van der Waals surface area contributed by atoms with Crippen LogP contribution in [0, 0.1) is 17.5 Å². The average molecular weight is 373 g/mol. The number of hydrogen-bond acceptors (Lipinski definition) is 5. The van der Waals surface area contributed by atoms with Crippen molar-refractivity contribution in [1.29, 1.82) is 0 Å². The van der Waals surface area contributed by atoms with E-state index in [1.165, 1.54) is 6.07 Å². The van der Waals surface area contributed by atoms with E-state index < -0.39 is 23.1 Å². The fourth-order valence-corrected chi connectivity index (χ4v) is 2.33. The van der Waals surface area contributed by atoms with Crippen molar-refractivity contribution < 1.29 is 13.2 Å². The predicted octanol–water partition coefficient (Wildman–Crippen LogP) is 4.91. The second kappa shape index (κ2) is 8.03. The number of nitrogens with one attached hydrogen (secondary N) is 2. The van der Waals surface area contributed by atoms with Crippen LogP contribution in [0.15, 0.2) is 42.6 Å². The summed E-state index contributed by atoms with van der Waals surface area (Å²) in [5.41, 5.74) is 0.564. The Bertz CT molecular complexity index is 911. The molecule has 2 N–H and O–H groups in total. The molecule has 8 heteroatoms. The lowest BCUT2D eigenvalue weighted by Crippen LogP contribution is -2.16. The second-order valence-electron chi connectivity index (χ2n) is 6.00. The van der Waals surface area contributed by atoms with Gasteiger partial charge in [-0.2, -0.15) is 4.98 Å². The van der Waals surface area contributed by atoms with E-state index in [9.17, 15) is 13.2 Å². The fourth-order valence-electron chi connectivity index (χ4n) is 2.33. The van der Waals surface area contributed by atoms with E-state index in [0.717, 1.165) is 6.42 Å². The van der Waals surface area contributed by atoms with Crippen LogP contribution in [0.2, 0.25) is 0 Å². The number of hydrogen-bond donors (Lipinski definition) is 2. The quantitative estimate of drug-likeness (QED) is 0.643. The van der Waals surface area contributed by atoms with Gasteiger partial charge in [0.15, 0.2) is 11.6 Å². The third kappa shape index (κ3) is 4.52. The number of nitrogens with zero attached hydrogens (tertiary/aromatic N) is 3. The molecule has 0 saturated heterocycles. The Morgan fingerprint density at radius 2 is 1.74 bits per heavy atom. The van der Waals surface area contributed by atoms with Gasteiger partial charge < -0.3 is 10.6 Å². The number of pyridine rings is 1. The molecule has 0 spiro atoms. The first-order valence-electron chi connectivity index (χ1n) is 8.45. The van der Waals surface area contributed by atoms with E-state index in [0.29, 0.717) is 23.5 Å². The Hall–Kier alpha value is -3.16. The van der Waals surface area contributed by atoms with Gasteiger partial charge in [0.05, 0.1) is 11.4 Å². The van der Waals surface area contributed by atoms with E-state index in [1.807, 2.05) is 13.8 Å². The summed E-state index contributed by atoms with van der Waals surface area (Å²) < 4.78 is 41.1. The molecular formula is C19H18F3N5. The minimum Gasteiger partial charge on any atom is -0.352 e. The number of benzene rings is 1. The molecule has 1 aromatic carbocycles. The van der Waals surface area contributed by atoms with Gasteiger partial charge in [-0.1, -0.05) is 13.0 Å². The summed E-state index contributed by atoms with van der Waals surface area (Å²) in [5.74, 6) is -2.66. The van der Waals surface area contributed by atoms with E-state index in [-0.39, 0.29) is 17.8 Å². The molecule has 0 unspecified atom stereocenters. The van der Waals surface area contributed by atoms with Crippen LogP contribution < -0.4 is 10.6 Å². The third-order valence-corrected chi connectivity index (χ3v) is 3.90. The van der Waals surface area contributed by atoms with Crippen LogP contribution >= 0.6 is 0 Å². The summed E-state index contributed by atoms with van der Waals surface area (Å²) in [6.07, 6.45) is 2.45. The van der Waals surface area contributed by atoms with E-state index in [2.05, 4.69) is 25.6 Å². The Morgan fingerprint density at radius 3 is 2.37 bits per heavy atom. The molecule has 0 aliphatic carbocycles. The Balaban J connectivity index is 2.02. The van der Waals surface area contributed by atoms with Gasteiger partial charge in [-0.15, -0.1) is 0 Å². The molecule has 2 aromatic heterocycles. The first-order valence-corrected chi connectivity index (χ1v) is 8.45. The molecule has 5 nitrogen and oxygen atoms in total. The summed E-state index contributed by atoms with van der Waals surface area (Å²) in [5, 5.41) is 5.70. The number of anilines is 3. The lowest BCUT2D eigenvalue weighted by molar-refractivity contribution is 0.548. The zero-order valence-electron chi connectivity index (χ0n) is 14.8. The standard InChI is InChI=1S/C19H18F3N5/c1-3-11(2)24-19-25-16(15-6-4-5-7-23-15)10-17(27-19)26-18-13(21)8-12(20)9-14(18)22/h4-11H,3H2,1-2H3,(H2,24,25,26,27)/t11-/m0/s1. The number of rotatable bonds is 6.